The molecule has 1 aromatic carbocycles. The zero-order chi connectivity index (χ0) is 17.6. The molecule has 2 N–H and O–H groups in total. The van der Waals surface area contributed by atoms with Gasteiger partial charge in [-0.05, 0) is 29.6 Å². The third-order valence-electron chi connectivity index (χ3n) is 2.81. The maximum absolute atomic E-state index is 11.8. The number of carbonyl (C=O) groups excluding carboxylic acids is 2. The summed E-state index contributed by atoms with van der Waals surface area (Å²) in [6.07, 6.45) is 0. The molecule has 2 heterocycles. The molecule has 0 radical (unpaired) electrons. The average molecular weight is 411 g/mol. The van der Waals surface area contributed by atoms with E-state index in [-0.39, 0.29) is 17.6 Å². The van der Waals surface area contributed by atoms with Gasteiger partial charge in [-0.1, -0.05) is 46.8 Å². The molecule has 0 atom stereocenters. The maximum atomic E-state index is 11.8. The summed E-state index contributed by atoms with van der Waals surface area (Å²) in [5.41, 5.74) is 0.805. The molecule has 2 aromatic heterocycles. The van der Waals surface area contributed by atoms with E-state index in [0.29, 0.717) is 19.4 Å². The summed E-state index contributed by atoms with van der Waals surface area (Å²) in [4.78, 5) is 24.1. The quantitative estimate of drug-likeness (QED) is 0.596. The molecule has 3 aromatic rings. The minimum atomic E-state index is -0.388. The number of thiophene rings is 1. The number of aromatic nitrogens is 2. The molecule has 0 spiro atoms. The van der Waals surface area contributed by atoms with Crippen LogP contribution in [-0.4, -0.2) is 27.8 Å². The molecule has 2 amide bonds. The summed E-state index contributed by atoms with van der Waals surface area (Å²) in [7, 11) is 0. The van der Waals surface area contributed by atoms with Crippen molar-refractivity contribution in [1.29, 1.82) is 0 Å². The van der Waals surface area contributed by atoms with Crippen molar-refractivity contribution in [2.24, 2.45) is 0 Å². The standard InChI is InChI=1S/C15H11ClN4O2S3/c16-9-3-1-4-10(7-9)17-14-19-20-15(25-14)24-8-12(21)18-13(22)11-5-2-6-23-11/h1-7H,8H2,(H,17,19)(H,18,21,22). The van der Waals surface area contributed by atoms with Crippen molar-refractivity contribution >= 4 is 68.7 Å². The molecule has 0 unspecified atom stereocenters. The van der Waals surface area contributed by atoms with Crippen molar-refractivity contribution in [3.8, 4) is 0 Å². The summed E-state index contributed by atoms with van der Waals surface area (Å²) in [6.45, 7) is 0. The Balaban J connectivity index is 1.50. The van der Waals surface area contributed by atoms with E-state index in [4.69, 9.17) is 11.6 Å². The van der Waals surface area contributed by atoms with Crippen molar-refractivity contribution in [1.82, 2.24) is 15.5 Å². The molecule has 3 rings (SSSR count). The SMILES string of the molecule is O=C(CSc1nnc(Nc2cccc(Cl)c2)s1)NC(=O)c1cccs1. The van der Waals surface area contributed by atoms with E-state index in [1.165, 1.54) is 34.4 Å². The molecule has 25 heavy (non-hydrogen) atoms. The number of halogens is 1. The lowest BCUT2D eigenvalue weighted by atomic mass is 10.3. The van der Waals surface area contributed by atoms with Gasteiger partial charge in [-0.2, -0.15) is 0 Å². The van der Waals surface area contributed by atoms with Crippen LogP contribution in [0.4, 0.5) is 10.8 Å². The van der Waals surface area contributed by atoms with Gasteiger partial charge in [0.2, 0.25) is 11.0 Å². The number of rotatable bonds is 6. The molecular weight excluding hydrogens is 400 g/mol. The number of amides is 2. The van der Waals surface area contributed by atoms with E-state index in [1.807, 2.05) is 12.1 Å². The van der Waals surface area contributed by atoms with Crippen molar-refractivity contribution < 1.29 is 9.59 Å². The molecule has 6 nitrogen and oxygen atoms in total. The number of benzene rings is 1. The van der Waals surface area contributed by atoms with E-state index in [2.05, 4.69) is 20.8 Å². The summed E-state index contributed by atoms with van der Waals surface area (Å²) < 4.78 is 0.628. The third kappa shape index (κ3) is 5.27. The number of hydrogen-bond acceptors (Lipinski definition) is 8. The highest BCUT2D eigenvalue weighted by Crippen LogP contribution is 2.28. The highest BCUT2D eigenvalue weighted by molar-refractivity contribution is 8.01. The molecule has 0 aliphatic carbocycles. The average Bonchev–Trinajstić information content (AvgIpc) is 3.25. The minimum Gasteiger partial charge on any atom is -0.330 e. The van der Waals surface area contributed by atoms with Gasteiger partial charge in [0.05, 0.1) is 10.6 Å². The van der Waals surface area contributed by atoms with E-state index in [1.54, 1.807) is 29.6 Å². The maximum Gasteiger partial charge on any atom is 0.267 e. The van der Waals surface area contributed by atoms with Crippen LogP contribution in [-0.2, 0) is 4.79 Å². The Bertz CT molecular complexity index is 883. The van der Waals surface area contributed by atoms with E-state index < -0.39 is 0 Å². The first kappa shape index (κ1) is 17.9. The molecule has 0 fully saturated rings. The first-order valence-electron chi connectivity index (χ1n) is 6.97. The van der Waals surface area contributed by atoms with Crippen LogP contribution in [0.5, 0.6) is 0 Å². The van der Waals surface area contributed by atoms with Crippen LogP contribution in [0.25, 0.3) is 0 Å². The second-order valence-electron chi connectivity index (χ2n) is 4.65. The van der Waals surface area contributed by atoms with Crippen molar-refractivity contribution in [3.05, 3.63) is 51.7 Å². The Morgan fingerprint density at radius 2 is 2.08 bits per heavy atom. The van der Waals surface area contributed by atoms with Crippen LogP contribution in [0.1, 0.15) is 9.67 Å². The van der Waals surface area contributed by atoms with Gasteiger partial charge in [0.1, 0.15) is 0 Å². The predicted octanol–water partition coefficient (Wildman–Crippen LogP) is 4.05. The number of hydrogen-bond donors (Lipinski definition) is 2. The number of imide groups is 1. The Labute approximate surface area is 160 Å². The van der Waals surface area contributed by atoms with Crippen LogP contribution in [0, 0.1) is 0 Å². The molecule has 0 saturated carbocycles. The van der Waals surface area contributed by atoms with Crippen molar-refractivity contribution in [3.63, 3.8) is 0 Å². The van der Waals surface area contributed by atoms with Crippen LogP contribution >= 0.6 is 46.0 Å². The Kier molecular flexibility index (Phi) is 6.03. The number of nitrogens with one attached hydrogen (secondary N) is 2. The zero-order valence-electron chi connectivity index (χ0n) is 12.6. The topological polar surface area (TPSA) is 84.0 Å². The summed E-state index contributed by atoms with van der Waals surface area (Å²) in [5.74, 6) is -0.674. The monoisotopic (exact) mass is 410 g/mol. The van der Waals surface area contributed by atoms with Crippen molar-refractivity contribution in [2.45, 2.75) is 4.34 Å². The lowest BCUT2D eigenvalue weighted by molar-refractivity contribution is -0.117. The summed E-state index contributed by atoms with van der Waals surface area (Å²) in [6, 6.07) is 10.7. The first-order valence-corrected chi connectivity index (χ1v) is 10.0. The first-order chi connectivity index (χ1) is 12.1. The van der Waals surface area contributed by atoms with Crippen LogP contribution in [0.2, 0.25) is 5.02 Å². The fourth-order valence-corrected chi connectivity index (χ4v) is 4.15. The number of thioether (sulfide) groups is 1. The second kappa shape index (κ2) is 8.43. The molecule has 128 valence electrons. The smallest absolute Gasteiger partial charge is 0.267 e. The summed E-state index contributed by atoms with van der Waals surface area (Å²) >= 11 is 9.75. The Morgan fingerprint density at radius 3 is 2.84 bits per heavy atom. The highest BCUT2D eigenvalue weighted by Gasteiger charge is 2.13. The van der Waals surface area contributed by atoms with Crippen LogP contribution in [0.15, 0.2) is 46.1 Å². The summed E-state index contributed by atoms with van der Waals surface area (Å²) in [5, 5.41) is 16.5. The Hall–Kier alpha value is -1.94. The third-order valence-corrected chi connectivity index (χ3v) is 5.88. The van der Waals surface area contributed by atoms with Gasteiger partial charge in [0, 0.05) is 10.7 Å². The van der Waals surface area contributed by atoms with Gasteiger partial charge >= 0.3 is 0 Å². The van der Waals surface area contributed by atoms with Gasteiger partial charge in [0.15, 0.2) is 4.34 Å². The zero-order valence-corrected chi connectivity index (χ0v) is 15.8. The van der Waals surface area contributed by atoms with Gasteiger partial charge in [0.25, 0.3) is 5.91 Å². The van der Waals surface area contributed by atoms with Gasteiger partial charge in [-0.3, -0.25) is 14.9 Å². The fourth-order valence-electron chi connectivity index (χ4n) is 1.77. The molecule has 0 bridgehead atoms. The molecule has 10 heteroatoms. The molecule has 0 saturated heterocycles. The highest BCUT2D eigenvalue weighted by atomic mass is 35.5. The fraction of sp³-hybridized carbons (Fsp3) is 0.0667. The largest absolute Gasteiger partial charge is 0.330 e. The van der Waals surface area contributed by atoms with Crippen molar-refractivity contribution in [2.75, 3.05) is 11.1 Å². The lowest BCUT2D eigenvalue weighted by Gasteiger charge is -2.01. The molecule has 0 aliphatic heterocycles. The van der Waals surface area contributed by atoms with Gasteiger partial charge < -0.3 is 5.32 Å². The number of nitrogens with zero attached hydrogens (tertiary/aromatic N) is 2. The molecular formula is C15H11ClN4O2S3. The van der Waals surface area contributed by atoms with E-state index in [9.17, 15) is 9.59 Å². The molecule has 0 aliphatic rings. The minimum absolute atomic E-state index is 0.0862. The van der Waals surface area contributed by atoms with Crippen LogP contribution < -0.4 is 10.6 Å². The van der Waals surface area contributed by atoms with E-state index in [0.717, 1.165) is 5.69 Å². The normalized spacial score (nSPS) is 10.4. The second-order valence-corrected chi connectivity index (χ2v) is 8.24. The van der Waals surface area contributed by atoms with Crippen LogP contribution in [0.3, 0.4) is 0 Å². The Morgan fingerprint density at radius 1 is 1.20 bits per heavy atom. The predicted molar refractivity (Wildman–Crippen MR) is 102 cm³/mol. The van der Waals surface area contributed by atoms with E-state index >= 15 is 0 Å². The van der Waals surface area contributed by atoms with Gasteiger partial charge in [-0.25, -0.2) is 0 Å². The lowest BCUT2D eigenvalue weighted by Crippen LogP contribution is -2.31. The van der Waals surface area contributed by atoms with Gasteiger partial charge in [-0.15, -0.1) is 21.5 Å². The number of carbonyl (C=O) groups is 2. The number of anilines is 2.